The van der Waals surface area contributed by atoms with Gasteiger partial charge in [0.05, 0.1) is 26.4 Å². The van der Waals surface area contributed by atoms with Gasteiger partial charge in [-0.2, -0.15) is 0 Å². The van der Waals surface area contributed by atoms with E-state index in [4.69, 9.17) is 37.0 Å². The molecule has 0 saturated heterocycles. The van der Waals surface area contributed by atoms with Crippen molar-refractivity contribution in [1.82, 2.24) is 0 Å². The Bertz CT molecular complexity index is 1970. The first-order chi connectivity index (χ1) is 47.5. The monoisotopic (exact) mass is 1430 g/mol. The summed E-state index contributed by atoms with van der Waals surface area (Å²) in [6.07, 6.45) is 64.8. The van der Waals surface area contributed by atoms with E-state index in [1.807, 2.05) is 0 Å². The van der Waals surface area contributed by atoms with Crippen molar-refractivity contribution in [2.24, 2.45) is 5.92 Å². The van der Waals surface area contributed by atoms with Crippen LogP contribution < -0.4 is 0 Å². The van der Waals surface area contributed by atoms with Gasteiger partial charge in [0.2, 0.25) is 0 Å². The molecule has 17 nitrogen and oxygen atoms in total. The van der Waals surface area contributed by atoms with Gasteiger partial charge >= 0.3 is 39.5 Å². The SMILES string of the molecule is CCCCCC/C=C\C=C/CCCCCCCC(=O)OC[C@H](COP(=O)(O)OC[C@@H](O)COP(=O)(O)OC[C@@H](COC(=O)CCCCCCCCCCCC)OC(=O)CCCCCCCCCCC(C)C)OC(=O)CCCCCCCCCCCCCCCCCCCCCCCC. The molecule has 0 saturated carbocycles. The van der Waals surface area contributed by atoms with Crippen molar-refractivity contribution in [1.29, 1.82) is 0 Å². The highest BCUT2D eigenvalue weighted by molar-refractivity contribution is 7.47. The molecule has 0 fully saturated rings. The summed E-state index contributed by atoms with van der Waals surface area (Å²) < 4.78 is 68.5. The fraction of sp³-hybridized carbons (Fsp3) is 0.899. The maximum atomic E-state index is 13.1. The Balaban J connectivity index is 5.22. The first-order valence-electron chi connectivity index (χ1n) is 40.5. The molecule has 0 amide bonds. The molecule has 0 aliphatic heterocycles. The summed E-state index contributed by atoms with van der Waals surface area (Å²) in [5.41, 5.74) is 0. The van der Waals surface area contributed by atoms with Crippen LogP contribution in [-0.2, 0) is 65.4 Å². The predicted octanol–water partition coefficient (Wildman–Crippen LogP) is 23.2. The Morgan fingerprint density at radius 2 is 0.551 bits per heavy atom. The van der Waals surface area contributed by atoms with Gasteiger partial charge in [0.1, 0.15) is 19.3 Å². The minimum absolute atomic E-state index is 0.102. The van der Waals surface area contributed by atoms with Crippen molar-refractivity contribution in [2.75, 3.05) is 39.6 Å². The van der Waals surface area contributed by atoms with Gasteiger partial charge in [0, 0.05) is 25.7 Å². The number of carbonyl (C=O) groups is 4. The summed E-state index contributed by atoms with van der Waals surface area (Å²) in [6.45, 7) is 7.18. The maximum absolute atomic E-state index is 13.1. The topological polar surface area (TPSA) is 237 Å². The Morgan fingerprint density at radius 3 is 0.837 bits per heavy atom. The van der Waals surface area contributed by atoms with Gasteiger partial charge in [-0.3, -0.25) is 37.3 Å². The number of unbranched alkanes of at least 4 members (excludes halogenated alkanes) is 46. The van der Waals surface area contributed by atoms with Gasteiger partial charge in [-0.25, -0.2) is 9.13 Å². The molecule has 0 aromatic heterocycles. The van der Waals surface area contributed by atoms with Crippen LogP contribution in [0.1, 0.15) is 394 Å². The molecule has 19 heteroatoms. The van der Waals surface area contributed by atoms with Crippen molar-refractivity contribution in [3.63, 3.8) is 0 Å². The highest BCUT2D eigenvalue weighted by atomic mass is 31.2. The van der Waals surface area contributed by atoms with E-state index >= 15 is 0 Å². The summed E-state index contributed by atoms with van der Waals surface area (Å²) in [5.74, 6) is -1.43. The highest BCUT2D eigenvalue weighted by Crippen LogP contribution is 2.45. The summed E-state index contributed by atoms with van der Waals surface area (Å²) in [5, 5.41) is 10.6. The molecular weight excluding hydrogens is 1280 g/mol. The average Bonchev–Trinajstić information content (AvgIpc) is 1.98. The van der Waals surface area contributed by atoms with Crippen LogP contribution in [0.15, 0.2) is 24.3 Å². The second kappa shape index (κ2) is 71.5. The summed E-state index contributed by atoms with van der Waals surface area (Å²) in [6, 6.07) is 0. The third kappa shape index (κ3) is 71.9. The fourth-order valence-electron chi connectivity index (χ4n) is 11.7. The van der Waals surface area contributed by atoms with E-state index in [2.05, 4.69) is 58.9 Å². The molecule has 3 N–H and O–H groups in total. The van der Waals surface area contributed by atoms with Crippen molar-refractivity contribution in [2.45, 2.75) is 412 Å². The van der Waals surface area contributed by atoms with Crippen molar-refractivity contribution < 1.29 is 80.2 Å². The zero-order valence-electron chi connectivity index (χ0n) is 63.4. The number of aliphatic hydroxyl groups excluding tert-OH is 1. The molecule has 0 rings (SSSR count). The van der Waals surface area contributed by atoms with Crippen LogP contribution in [0.3, 0.4) is 0 Å². The molecule has 98 heavy (non-hydrogen) atoms. The van der Waals surface area contributed by atoms with Gasteiger partial charge in [-0.05, 0) is 57.3 Å². The lowest BCUT2D eigenvalue weighted by molar-refractivity contribution is -0.161. The fourth-order valence-corrected chi connectivity index (χ4v) is 13.3. The number of hydrogen-bond donors (Lipinski definition) is 3. The van der Waals surface area contributed by atoms with E-state index < -0.39 is 97.5 Å². The van der Waals surface area contributed by atoms with Crippen molar-refractivity contribution >= 4 is 39.5 Å². The highest BCUT2D eigenvalue weighted by Gasteiger charge is 2.30. The minimum atomic E-state index is -4.97. The largest absolute Gasteiger partial charge is 0.472 e. The first-order valence-corrected chi connectivity index (χ1v) is 43.4. The molecule has 0 aromatic carbocycles. The molecule has 578 valence electrons. The molecule has 0 aliphatic rings. The molecule has 0 radical (unpaired) electrons. The second-order valence-electron chi connectivity index (χ2n) is 28.2. The third-order valence-corrected chi connectivity index (χ3v) is 19.8. The van der Waals surface area contributed by atoms with E-state index in [1.54, 1.807) is 0 Å². The van der Waals surface area contributed by atoms with Crippen LogP contribution in [-0.4, -0.2) is 96.7 Å². The van der Waals surface area contributed by atoms with Gasteiger partial charge < -0.3 is 33.8 Å². The molecule has 0 spiro atoms. The van der Waals surface area contributed by atoms with Crippen LogP contribution in [0.2, 0.25) is 0 Å². The van der Waals surface area contributed by atoms with E-state index in [0.717, 1.165) is 109 Å². The lowest BCUT2D eigenvalue weighted by Crippen LogP contribution is -2.30. The summed E-state index contributed by atoms with van der Waals surface area (Å²) in [7, 11) is -9.92. The van der Waals surface area contributed by atoms with Crippen LogP contribution in [0, 0.1) is 5.92 Å². The smallest absolute Gasteiger partial charge is 0.462 e. The van der Waals surface area contributed by atoms with E-state index in [1.165, 1.54) is 199 Å². The van der Waals surface area contributed by atoms with Gasteiger partial charge in [-0.15, -0.1) is 0 Å². The number of hydrogen-bond acceptors (Lipinski definition) is 15. The zero-order chi connectivity index (χ0) is 71.9. The molecule has 5 atom stereocenters. The van der Waals surface area contributed by atoms with Crippen molar-refractivity contribution in [3.05, 3.63) is 24.3 Å². The second-order valence-corrected chi connectivity index (χ2v) is 31.2. The average molecular weight is 1430 g/mol. The Morgan fingerprint density at radius 1 is 0.316 bits per heavy atom. The Kier molecular flexibility index (Phi) is 69.7. The van der Waals surface area contributed by atoms with Crippen LogP contribution in [0.4, 0.5) is 0 Å². The standard InChI is InChI=1S/C79H150O17P2/c1-6-9-12-15-18-21-24-26-28-29-30-31-32-33-34-36-38-40-43-49-54-59-64-78(83)95-74(68-90-77(82)63-58-53-48-42-39-37-35-27-25-22-19-16-13-10-7-2)70-93-97(85,86)91-66-73(80)67-92-98(87,88)94-71-75(69-89-76(81)62-57-52-47-41-23-20-17-14-11-8-3)96-79(84)65-60-55-50-45-44-46-51-56-61-72(4)5/h22,25,27,35,72-75,80H,6-21,23-24,26,28-34,36-71H2,1-5H3,(H,85,86)(H,87,88)/b25-22-,35-27-/t73-,74-,75-/m1/s1. The Labute approximate surface area is 599 Å². The van der Waals surface area contributed by atoms with Crippen molar-refractivity contribution in [3.8, 4) is 0 Å². The van der Waals surface area contributed by atoms with E-state index in [-0.39, 0.29) is 25.7 Å². The predicted molar refractivity (Wildman–Crippen MR) is 400 cm³/mol. The molecule has 0 aromatic rings. The normalized spacial score (nSPS) is 14.1. The number of allylic oxidation sites excluding steroid dienone is 4. The lowest BCUT2D eigenvalue weighted by Gasteiger charge is -2.21. The lowest BCUT2D eigenvalue weighted by atomic mass is 10.0. The Hall–Kier alpha value is -2.46. The molecule has 0 bridgehead atoms. The molecule has 0 aliphatic carbocycles. The summed E-state index contributed by atoms with van der Waals surface area (Å²) in [4.78, 5) is 72.8. The minimum Gasteiger partial charge on any atom is -0.462 e. The van der Waals surface area contributed by atoms with Gasteiger partial charge in [-0.1, -0.05) is 341 Å². The molecule has 2 unspecified atom stereocenters. The van der Waals surface area contributed by atoms with Crippen LogP contribution in [0.5, 0.6) is 0 Å². The number of phosphoric acid groups is 2. The van der Waals surface area contributed by atoms with Gasteiger partial charge in [0.25, 0.3) is 0 Å². The molecule has 0 heterocycles. The number of ether oxygens (including phenoxy) is 4. The summed E-state index contributed by atoms with van der Waals surface area (Å²) >= 11 is 0. The quantitative estimate of drug-likeness (QED) is 0.0169. The number of carbonyl (C=O) groups excluding carboxylic acids is 4. The maximum Gasteiger partial charge on any atom is 0.472 e. The first kappa shape index (κ1) is 95.5. The zero-order valence-corrected chi connectivity index (χ0v) is 65.2. The van der Waals surface area contributed by atoms with Crippen LogP contribution >= 0.6 is 15.6 Å². The number of rotatable bonds is 77. The molecular formula is C79H150O17P2. The number of aliphatic hydroxyl groups is 1. The number of esters is 4. The van der Waals surface area contributed by atoms with Crippen LogP contribution in [0.25, 0.3) is 0 Å². The van der Waals surface area contributed by atoms with E-state index in [0.29, 0.717) is 31.6 Å². The van der Waals surface area contributed by atoms with Gasteiger partial charge in [0.15, 0.2) is 12.2 Å². The number of phosphoric ester groups is 2. The third-order valence-electron chi connectivity index (χ3n) is 17.9. The van der Waals surface area contributed by atoms with E-state index in [9.17, 15) is 43.2 Å².